The minimum absolute atomic E-state index is 0.317. The Balaban J connectivity index is 1.71. The molecular weight excluding hydrogens is 383 g/mol. The molecule has 2 amide bonds. The Hall–Kier alpha value is -2.99. The second-order valence-corrected chi connectivity index (χ2v) is 7.55. The van der Waals surface area contributed by atoms with E-state index in [4.69, 9.17) is 4.74 Å². The molecule has 4 rings (SSSR count). The fourth-order valence-corrected chi connectivity index (χ4v) is 3.90. The first-order chi connectivity index (χ1) is 14.6. The maximum Gasteiger partial charge on any atom is 0.282 e. The Bertz CT molecular complexity index is 961. The van der Waals surface area contributed by atoms with Crippen LogP contribution in [0, 0.1) is 5.82 Å². The van der Waals surface area contributed by atoms with Gasteiger partial charge in [0.15, 0.2) is 0 Å². The van der Waals surface area contributed by atoms with Gasteiger partial charge in [-0.2, -0.15) is 0 Å². The number of carbonyl (C=O) groups excluding carboxylic acids is 2. The van der Waals surface area contributed by atoms with E-state index in [0.717, 1.165) is 19.3 Å². The molecule has 0 unspecified atom stereocenters. The summed E-state index contributed by atoms with van der Waals surface area (Å²) in [5, 5.41) is 0. The summed E-state index contributed by atoms with van der Waals surface area (Å²) in [7, 11) is 0. The second-order valence-electron chi connectivity index (χ2n) is 7.55. The van der Waals surface area contributed by atoms with Crippen molar-refractivity contribution >= 4 is 23.1 Å². The summed E-state index contributed by atoms with van der Waals surface area (Å²) in [6.07, 6.45) is 3.17. The number of amides is 2. The third kappa shape index (κ3) is 3.87. The first kappa shape index (κ1) is 20.3. The van der Waals surface area contributed by atoms with Crippen LogP contribution in [0.3, 0.4) is 0 Å². The molecule has 5 nitrogen and oxygen atoms in total. The summed E-state index contributed by atoms with van der Waals surface area (Å²) in [4.78, 5) is 30.0. The second kappa shape index (κ2) is 8.79. The Morgan fingerprint density at radius 1 is 0.933 bits per heavy atom. The molecule has 0 radical (unpaired) electrons. The standard InChI is InChI=1S/C24H25FN2O3/c1-2-3-4-17-5-11-20(12-6-17)27-23(28)21(18-7-9-19(25)10-8-18)22(24(27)29)26-13-15-30-16-14-26/h5-12H,2-4,13-16H2,1H3. The molecule has 2 heterocycles. The van der Waals surface area contributed by atoms with E-state index >= 15 is 0 Å². The number of halogens is 1. The zero-order chi connectivity index (χ0) is 21.1. The van der Waals surface area contributed by atoms with Gasteiger partial charge in [0.1, 0.15) is 11.5 Å². The Morgan fingerprint density at radius 3 is 2.23 bits per heavy atom. The van der Waals surface area contributed by atoms with Gasteiger partial charge in [0, 0.05) is 13.1 Å². The highest BCUT2D eigenvalue weighted by Gasteiger charge is 2.42. The Labute approximate surface area is 175 Å². The SMILES string of the molecule is CCCCc1ccc(N2C(=O)C(c3ccc(F)cc3)=C(N3CCOCC3)C2=O)cc1. The molecule has 156 valence electrons. The van der Waals surface area contributed by atoms with Crippen LogP contribution in [-0.4, -0.2) is 43.0 Å². The summed E-state index contributed by atoms with van der Waals surface area (Å²) in [6, 6.07) is 13.3. The number of nitrogens with zero attached hydrogens (tertiary/aromatic N) is 2. The van der Waals surface area contributed by atoms with Crippen LogP contribution in [0.5, 0.6) is 0 Å². The van der Waals surface area contributed by atoms with E-state index in [-0.39, 0.29) is 17.6 Å². The monoisotopic (exact) mass is 408 g/mol. The molecule has 1 saturated heterocycles. The molecule has 0 bridgehead atoms. The summed E-state index contributed by atoms with van der Waals surface area (Å²) >= 11 is 0. The number of imide groups is 1. The predicted molar refractivity (Wildman–Crippen MR) is 113 cm³/mol. The van der Waals surface area contributed by atoms with Crippen molar-refractivity contribution in [3.8, 4) is 0 Å². The molecule has 0 aliphatic carbocycles. The van der Waals surface area contributed by atoms with Crippen molar-refractivity contribution < 1.29 is 18.7 Å². The topological polar surface area (TPSA) is 49.9 Å². The molecule has 2 aliphatic rings. The molecule has 2 aromatic carbocycles. The maximum atomic E-state index is 13.5. The average molecular weight is 408 g/mol. The average Bonchev–Trinajstić information content (AvgIpc) is 3.04. The quantitative estimate of drug-likeness (QED) is 0.683. The van der Waals surface area contributed by atoms with Crippen LogP contribution in [-0.2, 0) is 20.7 Å². The molecule has 0 saturated carbocycles. The van der Waals surface area contributed by atoms with Crippen molar-refractivity contribution in [3.05, 3.63) is 71.2 Å². The van der Waals surface area contributed by atoms with Crippen LogP contribution in [0.15, 0.2) is 54.2 Å². The first-order valence-corrected chi connectivity index (χ1v) is 10.4. The molecule has 0 N–H and O–H groups in total. The number of rotatable bonds is 6. The fraction of sp³-hybridized carbons (Fsp3) is 0.333. The lowest BCUT2D eigenvalue weighted by Gasteiger charge is -2.29. The van der Waals surface area contributed by atoms with Gasteiger partial charge < -0.3 is 9.64 Å². The number of unbranched alkanes of at least 4 members (excludes halogenated alkanes) is 1. The van der Waals surface area contributed by atoms with Gasteiger partial charge in [-0.3, -0.25) is 9.59 Å². The van der Waals surface area contributed by atoms with E-state index < -0.39 is 0 Å². The van der Waals surface area contributed by atoms with Gasteiger partial charge in [0.2, 0.25) is 0 Å². The lowest BCUT2D eigenvalue weighted by molar-refractivity contribution is -0.121. The highest BCUT2D eigenvalue weighted by atomic mass is 19.1. The summed E-state index contributed by atoms with van der Waals surface area (Å²) < 4.78 is 18.9. The van der Waals surface area contributed by atoms with E-state index in [1.807, 2.05) is 29.2 Å². The summed E-state index contributed by atoms with van der Waals surface area (Å²) in [5.74, 6) is -1.11. The molecule has 30 heavy (non-hydrogen) atoms. The van der Waals surface area contributed by atoms with Crippen LogP contribution in [0.4, 0.5) is 10.1 Å². The third-order valence-electron chi connectivity index (χ3n) is 5.53. The van der Waals surface area contributed by atoms with Crippen molar-refractivity contribution in [1.29, 1.82) is 0 Å². The summed E-state index contributed by atoms with van der Waals surface area (Å²) in [6.45, 7) is 4.19. The highest BCUT2D eigenvalue weighted by molar-refractivity contribution is 6.45. The lowest BCUT2D eigenvalue weighted by Crippen LogP contribution is -2.40. The molecule has 6 heteroatoms. The number of benzene rings is 2. The van der Waals surface area contributed by atoms with E-state index in [2.05, 4.69) is 6.92 Å². The number of ether oxygens (including phenoxy) is 1. The van der Waals surface area contributed by atoms with Crippen LogP contribution < -0.4 is 4.90 Å². The Kier molecular flexibility index (Phi) is 5.95. The van der Waals surface area contributed by atoms with Crippen molar-refractivity contribution in [2.75, 3.05) is 31.2 Å². The van der Waals surface area contributed by atoms with Crippen LogP contribution in [0.25, 0.3) is 5.57 Å². The van der Waals surface area contributed by atoms with E-state index in [9.17, 15) is 14.0 Å². The summed E-state index contributed by atoms with van der Waals surface area (Å²) in [5.41, 5.74) is 2.95. The minimum atomic E-state index is -0.386. The predicted octanol–water partition coefficient (Wildman–Crippen LogP) is 3.79. The molecule has 0 atom stereocenters. The van der Waals surface area contributed by atoms with Crippen molar-refractivity contribution in [2.24, 2.45) is 0 Å². The van der Waals surface area contributed by atoms with E-state index in [1.54, 1.807) is 12.1 Å². The smallest absolute Gasteiger partial charge is 0.282 e. The number of carbonyl (C=O) groups is 2. The zero-order valence-electron chi connectivity index (χ0n) is 17.1. The van der Waals surface area contributed by atoms with Gasteiger partial charge in [0.25, 0.3) is 11.8 Å². The molecule has 2 aromatic rings. The fourth-order valence-electron chi connectivity index (χ4n) is 3.90. The van der Waals surface area contributed by atoms with Crippen molar-refractivity contribution in [1.82, 2.24) is 4.90 Å². The molecular formula is C24H25FN2O3. The van der Waals surface area contributed by atoms with Gasteiger partial charge in [-0.05, 0) is 48.2 Å². The van der Waals surface area contributed by atoms with Gasteiger partial charge in [-0.15, -0.1) is 0 Å². The number of hydrogen-bond donors (Lipinski definition) is 0. The number of aryl methyl sites for hydroxylation is 1. The first-order valence-electron chi connectivity index (χ1n) is 10.4. The van der Waals surface area contributed by atoms with Crippen LogP contribution in [0.2, 0.25) is 0 Å². The number of hydrogen-bond acceptors (Lipinski definition) is 4. The molecule has 2 aliphatic heterocycles. The Morgan fingerprint density at radius 2 is 1.60 bits per heavy atom. The van der Waals surface area contributed by atoms with E-state index in [0.29, 0.717) is 48.8 Å². The van der Waals surface area contributed by atoms with Crippen molar-refractivity contribution in [3.63, 3.8) is 0 Å². The van der Waals surface area contributed by atoms with Gasteiger partial charge in [-0.1, -0.05) is 37.6 Å². The lowest BCUT2D eigenvalue weighted by atomic mass is 10.0. The zero-order valence-corrected chi connectivity index (χ0v) is 17.1. The normalized spacial score (nSPS) is 17.3. The van der Waals surface area contributed by atoms with Crippen LogP contribution in [0.1, 0.15) is 30.9 Å². The van der Waals surface area contributed by atoms with Gasteiger partial charge in [-0.25, -0.2) is 9.29 Å². The number of morpholine rings is 1. The third-order valence-corrected chi connectivity index (χ3v) is 5.53. The van der Waals surface area contributed by atoms with Crippen molar-refractivity contribution in [2.45, 2.75) is 26.2 Å². The molecule has 0 spiro atoms. The minimum Gasteiger partial charge on any atom is -0.378 e. The molecule has 1 fully saturated rings. The van der Waals surface area contributed by atoms with Gasteiger partial charge in [0.05, 0.1) is 24.5 Å². The highest BCUT2D eigenvalue weighted by Crippen LogP contribution is 2.35. The van der Waals surface area contributed by atoms with Crippen LogP contribution >= 0.6 is 0 Å². The van der Waals surface area contributed by atoms with E-state index in [1.165, 1.54) is 22.6 Å². The largest absolute Gasteiger partial charge is 0.378 e. The van der Waals surface area contributed by atoms with Gasteiger partial charge >= 0.3 is 0 Å². The number of anilines is 1. The molecule has 0 aromatic heterocycles. The maximum absolute atomic E-state index is 13.5.